The predicted octanol–water partition coefficient (Wildman–Crippen LogP) is 0.456. The summed E-state index contributed by atoms with van der Waals surface area (Å²) >= 11 is 0. The molecule has 0 spiro atoms. The summed E-state index contributed by atoms with van der Waals surface area (Å²) in [5.41, 5.74) is -1.25. The smallest absolute Gasteiger partial charge is 0.329 e. The van der Waals surface area contributed by atoms with Crippen LogP contribution in [0.25, 0.3) is 0 Å². The summed E-state index contributed by atoms with van der Waals surface area (Å²) in [6.07, 6.45) is 0. The van der Waals surface area contributed by atoms with Crippen molar-refractivity contribution in [1.82, 2.24) is 14.7 Å². The first-order valence-electron chi connectivity index (χ1n) is 6.77. The Bertz CT molecular complexity index is 400. The van der Waals surface area contributed by atoms with E-state index in [2.05, 4.69) is 0 Å². The van der Waals surface area contributed by atoms with Gasteiger partial charge in [0.1, 0.15) is 5.54 Å². The number of aliphatic carboxylic acids is 1. The Labute approximate surface area is 119 Å². The first-order chi connectivity index (χ1) is 9.21. The van der Waals surface area contributed by atoms with Crippen LogP contribution in [0.3, 0.4) is 0 Å². The standard InChI is InChI=1S/C13H23N3O4/c1-5-16(13(3,4)11(18)19)12(20)15-8-6-14(7-9-15)10(2)17/h5-9H2,1-4H3,(H,18,19). The highest BCUT2D eigenvalue weighted by molar-refractivity contribution is 5.85. The number of carbonyl (C=O) groups excluding carboxylic acids is 2. The van der Waals surface area contributed by atoms with Gasteiger partial charge in [-0.1, -0.05) is 0 Å². The molecule has 7 nitrogen and oxygen atoms in total. The Kier molecular flexibility index (Phi) is 4.97. The van der Waals surface area contributed by atoms with E-state index in [-0.39, 0.29) is 11.9 Å². The fourth-order valence-electron chi connectivity index (χ4n) is 2.27. The van der Waals surface area contributed by atoms with Crippen LogP contribution in [0.15, 0.2) is 0 Å². The van der Waals surface area contributed by atoms with Crippen LogP contribution in [-0.2, 0) is 9.59 Å². The van der Waals surface area contributed by atoms with Gasteiger partial charge in [-0.15, -0.1) is 0 Å². The van der Waals surface area contributed by atoms with E-state index in [0.717, 1.165) is 0 Å². The minimum atomic E-state index is -1.25. The minimum absolute atomic E-state index is 0.00434. The Hall–Kier alpha value is -1.79. The lowest BCUT2D eigenvalue weighted by Crippen LogP contribution is -2.60. The van der Waals surface area contributed by atoms with Crippen LogP contribution in [0.2, 0.25) is 0 Å². The lowest BCUT2D eigenvalue weighted by molar-refractivity contribution is -0.147. The Morgan fingerprint density at radius 1 is 1.10 bits per heavy atom. The van der Waals surface area contributed by atoms with Crippen LogP contribution in [-0.4, -0.2) is 76.0 Å². The molecule has 1 aliphatic rings. The van der Waals surface area contributed by atoms with Crippen molar-refractivity contribution in [2.24, 2.45) is 0 Å². The Balaban J connectivity index is 2.74. The van der Waals surface area contributed by atoms with E-state index >= 15 is 0 Å². The third-order valence-corrected chi connectivity index (χ3v) is 3.74. The SMILES string of the molecule is CCN(C(=O)N1CCN(C(C)=O)CC1)C(C)(C)C(=O)O. The number of hydrogen-bond acceptors (Lipinski definition) is 3. The van der Waals surface area contributed by atoms with Gasteiger partial charge in [0.25, 0.3) is 0 Å². The number of urea groups is 1. The molecule has 0 aromatic heterocycles. The predicted molar refractivity (Wildman–Crippen MR) is 73.3 cm³/mol. The lowest BCUT2D eigenvalue weighted by atomic mass is 10.0. The lowest BCUT2D eigenvalue weighted by Gasteiger charge is -2.41. The van der Waals surface area contributed by atoms with Gasteiger partial charge in [0, 0.05) is 39.6 Å². The van der Waals surface area contributed by atoms with Crippen LogP contribution in [0.5, 0.6) is 0 Å². The molecular weight excluding hydrogens is 262 g/mol. The summed E-state index contributed by atoms with van der Waals surface area (Å²) in [4.78, 5) is 39.6. The van der Waals surface area contributed by atoms with Gasteiger partial charge in [-0.3, -0.25) is 4.79 Å². The van der Waals surface area contributed by atoms with Crippen molar-refractivity contribution in [3.05, 3.63) is 0 Å². The van der Waals surface area contributed by atoms with Crippen molar-refractivity contribution < 1.29 is 19.5 Å². The summed E-state index contributed by atoms with van der Waals surface area (Å²) in [5.74, 6) is -1.04. The highest BCUT2D eigenvalue weighted by atomic mass is 16.4. The van der Waals surface area contributed by atoms with Gasteiger partial charge >= 0.3 is 12.0 Å². The molecule has 7 heteroatoms. The summed E-state index contributed by atoms with van der Waals surface area (Å²) < 4.78 is 0. The number of carboxylic acids is 1. The average Bonchev–Trinajstić information content (AvgIpc) is 2.39. The Morgan fingerprint density at radius 2 is 1.55 bits per heavy atom. The molecule has 114 valence electrons. The van der Waals surface area contributed by atoms with Gasteiger partial charge in [-0.25, -0.2) is 9.59 Å². The van der Waals surface area contributed by atoms with Crippen molar-refractivity contribution in [1.29, 1.82) is 0 Å². The molecule has 0 aromatic carbocycles. The van der Waals surface area contributed by atoms with Gasteiger partial charge in [0.2, 0.25) is 5.91 Å². The van der Waals surface area contributed by atoms with Crippen LogP contribution in [0.4, 0.5) is 4.79 Å². The molecule has 0 unspecified atom stereocenters. The van der Waals surface area contributed by atoms with E-state index < -0.39 is 11.5 Å². The van der Waals surface area contributed by atoms with Crippen molar-refractivity contribution in [3.63, 3.8) is 0 Å². The molecule has 1 N–H and O–H groups in total. The van der Waals surface area contributed by atoms with Gasteiger partial charge in [0.15, 0.2) is 0 Å². The van der Waals surface area contributed by atoms with Crippen molar-refractivity contribution in [3.8, 4) is 0 Å². The summed E-state index contributed by atoms with van der Waals surface area (Å²) in [6, 6.07) is -0.289. The van der Waals surface area contributed by atoms with E-state index in [0.29, 0.717) is 32.7 Å². The fraction of sp³-hybridized carbons (Fsp3) is 0.769. The third-order valence-electron chi connectivity index (χ3n) is 3.74. The highest BCUT2D eigenvalue weighted by Gasteiger charge is 2.39. The number of rotatable bonds is 3. The summed E-state index contributed by atoms with van der Waals surface area (Å²) in [7, 11) is 0. The summed E-state index contributed by atoms with van der Waals surface area (Å²) in [6.45, 7) is 8.47. The molecule has 0 radical (unpaired) electrons. The number of amides is 3. The summed E-state index contributed by atoms with van der Waals surface area (Å²) in [5, 5.41) is 9.24. The third kappa shape index (κ3) is 3.20. The van der Waals surface area contributed by atoms with E-state index in [4.69, 9.17) is 0 Å². The molecule has 1 saturated heterocycles. The van der Waals surface area contributed by atoms with Gasteiger partial charge < -0.3 is 19.8 Å². The normalized spacial score (nSPS) is 16.0. The van der Waals surface area contributed by atoms with Crippen molar-refractivity contribution in [2.75, 3.05) is 32.7 Å². The van der Waals surface area contributed by atoms with Gasteiger partial charge in [0.05, 0.1) is 0 Å². The first kappa shape index (κ1) is 16.3. The van der Waals surface area contributed by atoms with Gasteiger partial charge in [-0.05, 0) is 20.8 Å². The molecule has 0 aliphatic carbocycles. The maximum Gasteiger partial charge on any atom is 0.329 e. The molecule has 3 amide bonds. The molecular formula is C13H23N3O4. The topological polar surface area (TPSA) is 81.2 Å². The molecule has 1 heterocycles. The molecule has 1 aliphatic heterocycles. The second-order valence-corrected chi connectivity index (χ2v) is 5.38. The van der Waals surface area contributed by atoms with E-state index in [1.54, 1.807) is 16.7 Å². The zero-order chi connectivity index (χ0) is 15.5. The number of piperazine rings is 1. The van der Waals surface area contributed by atoms with E-state index in [1.807, 2.05) is 0 Å². The molecule has 0 atom stereocenters. The molecule has 0 saturated carbocycles. The second-order valence-electron chi connectivity index (χ2n) is 5.38. The van der Waals surface area contributed by atoms with E-state index in [1.165, 1.54) is 25.7 Å². The molecule has 1 fully saturated rings. The quantitative estimate of drug-likeness (QED) is 0.816. The monoisotopic (exact) mass is 285 g/mol. The molecule has 0 bridgehead atoms. The highest BCUT2D eigenvalue weighted by Crippen LogP contribution is 2.18. The van der Waals surface area contributed by atoms with Crippen LogP contribution in [0.1, 0.15) is 27.7 Å². The second kappa shape index (κ2) is 6.11. The molecule has 1 rings (SSSR count). The number of hydrogen-bond donors (Lipinski definition) is 1. The van der Waals surface area contributed by atoms with Crippen molar-refractivity contribution >= 4 is 17.9 Å². The van der Waals surface area contributed by atoms with Crippen LogP contribution < -0.4 is 0 Å². The molecule has 0 aromatic rings. The van der Waals surface area contributed by atoms with Crippen molar-refractivity contribution in [2.45, 2.75) is 33.2 Å². The number of carbonyl (C=O) groups is 3. The van der Waals surface area contributed by atoms with Crippen LogP contribution in [0, 0.1) is 0 Å². The Morgan fingerprint density at radius 3 is 1.90 bits per heavy atom. The maximum absolute atomic E-state index is 12.4. The number of nitrogens with zero attached hydrogens (tertiary/aromatic N) is 3. The maximum atomic E-state index is 12.4. The zero-order valence-electron chi connectivity index (χ0n) is 12.5. The zero-order valence-corrected chi connectivity index (χ0v) is 12.5. The van der Waals surface area contributed by atoms with Gasteiger partial charge in [-0.2, -0.15) is 0 Å². The molecule has 20 heavy (non-hydrogen) atoms. The fourth-order valence-corrected chi connectivity index (χ4v) is 2.27. The van der Waals surface area contributed by atoms with Crippen LogP contribution >= 0.6 is 0 Å². The number of carboxylic acid groups (broad SMARTS) is 1. The largest absolute Gasteiger partial charge is 0.480 e. The number of likely N-dealkylation sites (N-methyl/N-ethyl adjacent to an activating group) is 1. The van der Waals surface area contributed by atoms with E-state index in [9.17, 15) is 19.5 Å². The average molecular weight is 285 g/mol. The minimum Gasteiger partial charge on any atom is -0.480 e. The first-order valence-corrected chi connectivity index (χ1v) is 6.77.